The highest BCUT2D eigenvalue weighted by Gasteiger charge is 2.08. The summed E-state index contributed by atoms with van der Waals surface area (Å²) in [6, 6.07) is 4.59. The first-order valence-corrected chi connectivity index (χ1v) is 6.54. The van der Waals surface area contributed by atoms with Crippen LogP contribution in [-0.2, 0) is 6.54 Å². The van der Waals surface area contributed by atoms with Crippen molar-refractivity contribution in [2.75, 3.05) is 0 Å². The van der Waals surface area contributed by atoms with Gasteiger partial charge in [-0.05, 0) is 59.7 Å². The van der Waals surface area contributed by atoms with E-state index in [1.54, 1.807) is 23.8 Å². The van der Waals surface area contributed by atoms with Gasteiger partial charge in [-0.15, -0.1) is 0 Å². The van der Waals surface area contributed by atoms with Crippen LogP contribution < -0.4 is 5.56 Å². The van der Waals surface area contributed by atoms with E-state index in [0.29, 0.717) is 15.9 Å². The predicted molar refractivity (Wildman–Crippen MR) is 76.2 cm³/mol. The third-order valence-corrected chi connectivity index (χ3v) is 3.58. The van der Waals surface area contributed by atoms with Gasteiger partial charge in [0.1, 0.15) is 11.6 Å². The van der Waals surface area contributed by atoms with Gasteiger partial charge in [-0.3, -0.25) is 9.36 Å². The molecule has 0 unspecified atom stereocenters. The number of benzene rings is 1. The quantitative estimate of drug-likeness (QED) is 0.774. The zero-order chi connectivity index (χ0) is 13.3. The van der Waals surface area contributed by atoms with Crippen molar-refractivity contribution in [1.29, 1.82) is 0 Å². The molecule has 3 nitrogen and oxygen atoms in total. The van der Waals surface area contributed by atoms with E-state index < -0.39 is 0 Å². The summed E-state index contributed by atoms with van der Waals surface area (Å²) in [5.74, 6) is 0.337. The monoisotopic (exact) mass is 358 g/mol. The minimum Gasteiger partial charge on any atom is -0.291 e. The van der Waals surface area contributed by atoms with E-state index in [1.165, 1.54) is 12.1 Å². The third-order valence-electron chi connectivity index (χ3n) is 2.84. The number of rotatable bonds is 2. The fourth-order valence-corrected chi connectivity index (χ4v) is 2.15. The Hall–Kier alpha value is -1.24. The van der Waals surface area contributed by atoms with E-state index in [2.05, 4.69) is 4.98 Å². The summed E-state index contributed by atoms with van der Waals surface area (Å²) in [4.78, 5) is 16.2. The van der Waals surface area contributed by atoms with Crippen LogP contribution in [0.2, 0.25) is 0 Å². The lowest BCUT2D eigenvalue weighted by atomic mass is 10.1. The zero-order valence-electron chi connectivity index (χ0n) is 10.1. The second-order valence-electron chi connectivity index (χ2n) is 4.12. The third kappa shape index (κ3) is 2.60. The highest BCUT2D eigenvalue weighted by atomic mass is 127. The zero-order valence-corrected chi connectivity index (χ0v) is 12.2. The summed E-state index contributed by atoms with van der Waals surface area (Å²) in [5, 5.41) is 0. The molecule has 5 heteroatoms. The maximum absolute atomic E-state index is 13.2. The summed E-state index contributed by atoms with van der Waals surface area (Å²) in [6.45, 7) is 4.01. The van der Waals surface area contributed by atoms with Crippen LogP contribution in [0.5, 0.6) is 0 Å². The molecule has 18 heavy (non-hydrogen) atoms. The summed E-state index contributed by atoms with van der Waals surface area (Å²) >= 11 is 1.95. The number of aryl methyl sites for hydroxylation is 2. The summed E-state index contributed by atoms with van der Waals surface area (Å²) in [5.41, 5.74) is 1.66. The number of hydrogen-bond donors (Lipinski definition) is 0. The molecular formula is C13H12FIN2O. The number of nitrogens with zero attached hydrogens (tertiary/aromatic N) is 2. The molecule has 0 saturated heterocycles. The molecule has 1 heterocycles. The SMILES string of the molecule is Cc1ccc(F)cc1Cn1c(C)ncc(I)c1=O. The van der Waals surface area contributed by atoms with Gasteiger partial charge in [0.25, 0.3) is 5.56 Å². The number of halogens is 2. The average Bonchev–Trinajstić information content (AvgIpc) is 2.34. The Balaban J connectivity index is 2.49. The van der Waals surface area contributed by atoms with Gasteiger partial charge in [-0.25, -0.2) is 9.37 Å². The van der Waals surface area contributed by atoms with Gasteiger partial charge in [-0.2, -0.15) is 0 Å². The first kappa shape index (κ1) is 13.2. The Morgan fingerprint density at radius 1 is 1.39 bits per heavy atom. The lowest BCUT2D eigenvalue weighted by Crippen LogP contribution is -2.26. The van der Waals surface area contributed by atoms with Crippen molar-refractivity contribution in [3.8, 4) is 0 Å². The Morgan fingerprint density at radius 3 is 2.83 bits per heavy atom. The fraction of sp³-hybridized carbons (Fsp3) is 0.231. The van der Waals surface area contributed by atoms with E-state index in [1.807, 2.05) is 29.5 Å². The van der Waals surface area contributed by atoms with E-state index in [4.69, 9.17) is 0 Å². The molecule has 0 fully saturated rings. The molecule has 2 rings (SSSR count). The van der Waals surface area contributed by atoms with E-state index >= 15 is 0 Å². The van der Waals surface area contributed by atoms with Crippen molar-refractivity contribution in [1.82, 2.24) is 9.55 Å². The van der Waals surface area contributed by atoms with Gasteiger partial charge in [0.05, 0.1) is 10.1 Å². The van der Waals surface area contributed by atoms with Crippen LogP contribution in [0.25, 0.3) is 0 Å². The van der Waals surface area contributed by atoms with E-state index in [0.717, 1.165) is 11.1 Å². The van der Waals surface area contributed by atoms with E-state index in [-0.39, 0.29) is 11.4 Å². The minimum atomic E-state index is -0.292. The molecule has 0 amide bonds. The average molecular weight is 358 g/mol. The Labute approximate surface area is 118 Å². The molecule has 0 atom stereocenters. The van der Waals surface area contributed by atoms with E-state index in [9.17, 15) is 9.18 Å². The van der Waals surface area contributed by atoms with Gasteiger partial charge < -0.3 is 0 Å². The van der Waals surface area contributed by atoms with Crippen LogP contribution in [0, 0.1) is 23.2 Å². The molecule has 1 aromatic heterocycles. The highest BCUT2D eigenvalue weighted by Crippen LogP contribution is 2.12. The van der Waals surface area contributed by atoms with Crippen molar-refractivity contribution in [2.45, 2.75) is 20.4 Å². The normalized spacial score (nSPS) is 10.7. The van der Waals surface area contributed by atoms with Gasteiger partial charge in [0, 0.05) is 6.20 Å². The Kier molecular flexibility index (Phi) is 3.79. The van der Waals surface area contributed by atoms with Crippen LogP contribution in [0.3, 0.4) is 0 Å². The smallest absolute Gasteiger partial charge is 0.267 e. The predicted octanol–water partition coefficient (Wildman–Crippen LogP) is 2.65. The molecule has 94 valence electrons. The van der Waals surface area contributed by atoms with Gasteiger partial charge in [0.15, 0.2) is 0 Å². The van der Waals surface area contributed by atoms with Crippen molar-refractivity contribution in [3.05, 3.63) is 61.1 Å². The summed E-state index contributed by atoms with van der Waals surface area (Å²) in [7, 11) is 0. The van der Waals surface area contributed by atoms with Crippen LogP contribution >= 0.6 is 22.6 Å². The first-order valence-electron chi connectivity index (χ1n) is 5.46. The molecule has 0 bridgehead atoms. The lowest BCUT2D eigenvalue weighted by Gasteiger charge is -2.11. The number of hydrogen-bond acceptors (Lipinski definition) is 2. The second kappa shape index (κ2) is 5.17. The van der Waals surface area contributed by atoms with Crippen molar-refractivity contribution < 1.29 is 4.39 Å². The summed E-state index contributed by atoms with van der Waals surface area (Å²) < 4.78 is 15.3. The topological polar surface area (TPSA) is 34.9 Å². The lowest BCUT2D eigenvalue weighted by molar-refractivity contribution is 0.619. The first-order chi connectivity index (χ1) is 8.49. The molecule has 0 spiro atoms. The van der Waals surface area contributed by atoms with Crippen LogP contribution in [-0.4, -0.2) is 9.55 Å². The molecule has 0 aliphatic heterocycles. The standard InChI is InChI=1S/C13H12FIN2O/c1-8-3-4-11(14)5-10(8)7-17-9(2)16-6-12(15)13(17)18/h3-6H,7H2,1-2H3. The second-order valence-corrected chi connectivity index (χ2v) is 5.28. The minimum absolute atomic E-state index is 0.0910. The van der Waals surface area contributed by atoms with Gasteiger partial charge in [0.2, 0.25) is 0 Å². The van der Waals surface area contributed by atoms with Crippen LogP contribution in [0.4, 0.5) is 4.39 Å². The van der Waals surface area contributed by atoms with Crippen molar-refractivity contribution in [3.63, 3.8) is 0 Å². The molecular weight excluding hydrogens is 346 g/mol. The Morgan fingerprint density at radius 2 is 2.11 bits per heavy atom. The highest BCUT2D eigenvalue weighted by molar-refractivity contribution is 14.1. The molecule has 2 aromatic rings. The van der Waals surface area contributed by atoms with Crippen molar-refractivity contribution in [2.24, 2.45) is 0 Å². The molecule has 0 saturated carbocycles. The van der Waals surface area contributed by atoms with Crippen LogP contribution in [0.1, 0.15) is 17.0 Å². The van der Waals surface area contributed by atoms with Crippen LogP contribution in [0.15, 0.2) is 29.2 Å². The molecule has 0 radical (unpaired) electrons. The summed E-state index contributed by atoms with van der Waals surface area (Å²) in [6.07, 6.45) is 1.55. The molecule has 1 aromatic carbocycles. The van der Waals surface area contributed by atoms with Gasteiger partial charge in [-0.1, -0.05) is 6.07 Å². The maximum atomic E-state index is 13.2. The largest absolute Gasteiger partial charge is 0.291 e. The maximum Gasteiger partial charge on any atom is 0.267 e. The molecule has 0 N–H and O–H groups in total. The molecule has 0 aliphatic rings. The Bertz CT molecular complexity index is 652. The number of aromatic nitrogens is 2. The van der Waals surface area contributed by atoms with Crippen molar-refractivity contribution >= 4 is 22.6 Å². The van der Waals surface area contributed by atoms with Gasteiger partial charge >= 0.3 is 0 Å². The molecule has 0 aliphatic carbocycles. The fourth-order valence-electron chi connectivity index (χ4n) is 1.72.